The normalized spacial score (nSPS) is 17.3. The lowest BCUT2D eigenvalue weighted by Crippen LogP contribution is -2.50. The Hall–Kier alpha value is -4.44. The van der Waals surface area contributed by atoms with Crippen LogP contribution in [0.5, 0.6) is 28.7 Å². The average Bonchev–Trinajstić information content (AvgIpc) is 2.98. The van der Waals surface area contributed by atoms with Gasteiger partial charge in [0.25, 0.3) is 0 Å². The smallest absolute Gasteiger partial charge is 0.166 e. The number of phenolic OH excluding ortho intramolecular Hbond substituents is 1. The average molecular weight is 529 g/mol. The highest BCUT2D eigenvalue weighted by Crippen LogP contribution is 2.47. The fourth-order valence-corrected chi connectivity index (χ4v) is 5.37. The van der Waals surface area contributed by atoms with Gasteiger partial charge in [-0.1, -0.05) is 42.5 Å². The molecule has 3 aromatic carbocycles. The second-order valence-corrected chi connectivity index (χ2v) is 8.99. The molecule has 1 N–H and O–H groups in total. The van der Waals surface area contributed by atoms with Crippen molar-refractivity contribution in [2.75, 3.05) is 41.5 Å². The van der Waals surface area contributed by atoms with Crippen molar-refractivity contribution in [3.05, 3.63) is 77.4 Å². The predicted octanol–water partition coefficient (Wildman–Crippen LogP) is 4.96. The van der Waals surface area contributed by atoms with Crippen LogP contribution in [-0.4, -0.2) is 56.4 Å². The fourth-order valence-electron chi connectivity index (χ4n) is 5.37. The topological polar surface area (TPSA) is 111 Å². The van der Waals surface area contributed by atoms with Crippen LogP contribution < -0.4 is 18.9 Å². The summed E-state index contributed by atoms with van der Waals surface area (Å²) in [5.41, 5.74) is 1.85. The third-order valence-corrected chi connectivity index (χ3v) is 7.04. The molecule has 4 rings (SSSR count). The molecule has 202 valence electrons. The second kappa shape index (κ2) is 12.4. The van der Waals surface area contributed by atoms with E-state index in [9.17, 15) is 15.6 Å². The third kappa shape index (κ3) is 5.15. The Balaban J connectivity index is 1.90. The van der Waals surface area contributed by atoms with Crippen LogP contribution in [0.2, 0.25) is 0 Å². The van der Waals surface area contributed by atoms with Gasteiger partial charge in [-0.15, -0.1) is 0 Å². The van der Waals surface area contributed by atoms with E-state index < -0.39 is 18.2 Å². The van der Waals surface area contributed by atoms with E-state index in [4.69, 9.17) is 18.9 Å². The van der Waals surface area contributed by atoms with E-state index in [0.717, 1.165) is 0 Å². The van der Waals surface area contributed by atoms with Crippen molar-refractivity contribution in [1.29, 1.82) is 10.5 Å². The van der Waals surface area contributed by atoms with E-state index >= 15 is 0 Å². The van der Waals surface area contributed by atoms with Crippen molar-refractivity contribution in [1.82, 2.24) is 9.80 Å². The van der Waals surface area contributed by atoms with Crippen molar-refractivity contribution < 1.29 is 24.1 Å². The minimum atomic E-state index is -0.769. The summed E-state index contributed by atoms with van der Waals surface area (Å²) >= 11 is 0. The zero-order valence-corrected chi connectivity index (χ0v) is 22.5. The number of para-hydroxylation sites is 3. The maximum Gasteiger partial charge on any atom is 0.166 e. The second-order valence-electron chi connectivity index (χ2n) is 8.99. The van der Waals surface area contributed by atoms with Gasteiger partial charge >= 0.3 is 0 Å². The molecule has 9 nitrogen and oxygen atoms in total. The van der Waals surface area contributed by atoms with Gasteiger partial charge in [0, 0.05) is 29.8 Å². The number of nitrogens with zero attached hydrogens (tertiary/aromatic N) is 4. The van der Waals surface area contributed by atoms with E-state index in [1.807, 2.05) is 46.2 Å². The van der Waals surface area contributed by atoms with Gasteiger partial charge < -0.3 is 24.1 Å². The molecule has 0 aliphatic carbocycles. The first-order valence-electron chi connectivity index (χ1n) is 12.5. The summed E-state index contributed by atoms with van der Waals surface area (Å²) in [6.45, 7) is 1.09. The lowest BCUT2D eigenvalue weighted by molar-refractivity contribution is -0.0305. The summed E-state index contributed by atoms with van der Waals surface area (Å²) in [4.78, 5) is 3.99. The Bertz CT molecular complexity index is 1300. The molecular weight excluding hydrogens is 496 g/mol. The van der Waals surface area contributed by atoms with Crippen LogP contribution in [0.3, 0.4) is 0 Å². The van der Waals surface area contributed by atoms with Crippen LogP contribution in [0.25, 0.3) is 0 Å². The van der Waals surface area contributed by atoms with E-state index in [-0.39, 0.29) is 5.75 Å². The van der Waals surface area contributed by atoms with Gasteiger partial charge in [-0.25, -0.2) is 0 Å². The highest BCUT2D eigenvalue weighted by atomic mass is 16.5. The summed E-state index contributed by atoms with van der Waals surface area (Å²) in [7, 11) is 6.18. The number of methoxy groups -OCH3 is 4. The summed E-state index contributed by atoms with van der Waals surface area (Å²) in [6.07, 6.45) is 0.0556. The first kappa shape index (κ1) is 27.6. The first-order valence-corrected chi connectivity index (χ1v) is 12.5. The Labute approximate surface area is 228 Å². The zero-order valence-electron chi connectivity index (χ0n) is 22.5. The van der Waals surface area contributed by atoms with E-state index in [1.165, 1.54) is 0 Å². The maximum atomic E-state index is 11.0. The largest absolute Gasteiger partial charge is 0.508 e. The fraction of sp³-hybridized carbons (Fsp3) is 0.333. The van der Waals surface area contributed by atoms with Crippen molar-refractivity contribution in [3.63, 3.8) is 0 Å². The molecule has 39 heavy (non-hydrogen) atoms. The van der Waals surface area contributed by atoms with Crippen LogP contribution in [0.4, 0.5) is 0 Å². The molecule has 1 fully saturated rings. The number of hydrogen-bond donors (Lipinski definition) is 1. The molecular formula is C30H32N4O5. The van der Waals surface area contributed by atoms with E-state index in [0.29, 0.717) is 59.2 Å². The van der Waals surface area contributed by atoms with Crippen LogP contribution >= 0.6 is 0 Å². The highest BCUT2D eigenvalue weighted by molar-refractivity contribution is 5.51. The van der Waals surface area contributed by atoms with Gasteiger partial charge in [0.2, 0.25) is 0 Å². The molecule has 1 aliphatic rings. The lowest BCUT2D eigenvalue weighted by Gasteiger charge is -2.47. The molecule has 0 spiro atoms. The molecule has 2 unspecified atom stereocenters. The number of benzene rings is 3. The minimum Gasteiger partial charge on any atom is -0.508 e. The lowest BCUT2D eigenvalue weighted by atomic mass is 9.95. The molecule has 0 radical (unpaired) electrons. The van der Waals surface area contributed by atoms with Gasteiger partial charge in [-0.3, -0.25) is 9.80 Å². The summed E-state index contributed by atoms with van der Waals surface area (Å²) in [5, 5.41) is 32.1. The standard InChI is InChI=1S/C30H32N4O5/c1-36-26-14-7-11-20(28(26)38-3)23(18-31)33-16-9-17-34(30(33)22-10-5-6-13-25(22)35)24(19-32)21-12-8-15-27(37-2)29(21)39-4/h5-8,10-15,23-24,30,35H,9,16-17H2,1-4H3. The molecule has 0 amide bonds. The number of hydrogen-bond acceptors (Lipinski definition) is 9. The van der Waals surface area contributed by atoms with Crippen molar-refractivity contribution in [2.24, 2.45) is 0 Å². The maximum absolute atomic E-state index is 11.0. The number of ether oxygens (including phenoxy) is 4. The van der Waals surface area contributed by atoms with Crippen LogP contribution in [0, 0.1) is 22.7 Å². The molecule has 9 heteroatoms. The van der Waals surface area contributed by atoms with Gasteiger partial charge in [-0.2, -0.15) is 10.5 Å². The molecule has 0 bridgehead atoms. The molecule has 0 saturated carbocycles. The minimum absolute atomic E-state index is 0.0722. The quantitative estimate of drug-likeness (QED) is 0.412. The van der Waals surface area contributed by atoms with Gasteiger partial charge in [0.15, 0.2) is 23.0 Å². The Morgan fingerprint density at radius 2 is 1.21 bits per heavy atom. The zero-order chi connectivity index (χ0) is 27.9. The highest BCUT2D eigenvalue weighted by Gasteiger charge is 2.42. The number of rotatable bonds is 9. The molecule has 1 heterocycles. The molecule has 3 aromatic rings. The Morgan fingerprint density at radius 1 is 0.718 bits per heavy atom. The molecule has 1 saturated heterocycles. The van der Waals surface area contributed by atoms with Gasteiger partial charge in [-0.05, 0) is 24.6 Å². The Morgan fingerprint density at radius 3 is 1.62 bits per heavy atom. The Kier molecular flexibility index (Phi) is 8.77. The summed E-state index contributed by atoms with van der Waals surface area (Å²) in [6, 6.07) is 21.2. The SMILES string of the molecule is COc1cccc(C(C#N)N2CCCN(C(C#N)c3cccc(OC)c3OC)C2c2ccccc2O)c1OC. The molecule has 1 aliphatic heterocycles. The van der Waals surface area contributed by atoms with Crippen molar-refractivity contribution >= 4 is 0 Å². The van der Waals surface area contributed by atoms with Crippen molar-refractivity contribution in [2.45, 2.75) is 24.7 Å². The van der Waals surface area contributed by atoms with E-state index in [1.54, 1.807) is 52.7 Å². The number of phenols is 1. The number of aromatic hydroxyl groups is 1. The van der Waals surface area contributed by atoms with Gasteiger partial charge in [0.1, 0.15) is 17.8 Å². The predicted molar refractivity (Wildman–Crippen MR) is 145 cm³/mol. The molecule has 2 atom stereocenters. The summed E-state index contributed by atoms with van der Waals surface area (Å²) < 4.78 is 22.4. The van der Waals surface area contributed by atoms with Crippen molar-refractivity contribution in [3.8, 4) is 40.9 Å². The first-order chi connectivity index (χ1) is 19.0. The van der Waals surface area contributed by atoms with E-state index in [2.05, 4.69) is 12.1 Å². The molecule has 0 aromatic heterocycles. The van der Waals surface area contributed by atoms with Crippen LogP contribution in [0.15, 0.2) is 60.7 Å². The monoisotopic (exact) mass is 528 g/mol. The third-order valence-electron chi connectivity index (χ3n) is 7.04. The summed E-state index contributed by atoms with van der Waals surface area (Å²) in [5.74, 6) is 2.03. The van der Waals surface area contributed by atoms with Gasteiger partial charge in [0.05, 0.1) is 46.7 Å². The number of nitriles is 2. The van der Waals surface area contributed by atoms with Crippen LogP contribution in [0.1, 0.15) is 41.4 Å². The van der Waals surface area contributed by atoms with Crippen LogP contribution in [-0.2, 0) is 0 Å².